The summed E-state index contributed by atoms with van der Waals surface area (Å²) in [4.78, 5) is 4.13. The average Bonchev–Trinajstić information content (AvgIpc) is 2.73. The van der Waals surface area contributed by atoms with E-state index in [0.717, 1.165) is 6.26 Å². The highest BCUT2D eigenvalue weighted by atomic mass is 16.3. The molecule has 1 heterocycles. The van der Waals surface area contributed by atoms with Gasteiger partial charge in [-0.2, -0.15) is 5.26 Å². The van der Waals surface area contributed by atoms with Crippen molar-refractivity contribution in [3.8, 4) is 17.9 Å². The van der Waals surface area contributed by atoms with Crippen molar-refractivity contribution in [1.29, 1.82) is 5.26 Å². The van der Waals surface area contributed by atoms with Gasteiger partial charge in [-0.3, -0.25) is 0 Å². The molecular weight excluding hydrogens is 204 g/mol. The third kappa shape index (κ3) is 1.73. The summed E-state index contributed by atoms with van der Waals surface area (Å²) in [5, 5.41) is 17.3. The number of rotatable bonds is 1. The number of hydrogen-bond acceptors (Lipinski definition) is 4. The molecule has 0 bridgehead atoms. The van der Waals surface area contributed by atoms with E-state index in [4.69, 9.17) is 14.8 Å². The predicted molar refractivity (Wildman–Crippen MR) is 58.0 cm³/mol. The molecule has 0 saturated heterocycles. The van der Waals surface area contributed by atoms with Crippen molar-refractivity contribution < 1.29 is 9.52 Å². The van der Waals surface area contributed by atoms with Gasteiger partial charge in [-0.1, -0.05) is 12.1 Å². The number of nitriles is 1. The molecule has 16 heavy (non-hydrogen) atoms. The number of fused-ring (bicyclic) bond motifs is 1. The predicted octanol–water partition coefficient (Wildman–Crippen LogP) is 2.25. The lowest BCUT2D eigenvalue weighted by Crippen LogP contribution is -1.80. The molecule has 0 fully saturated rings. The Morgan fingerprint density at radius 2 is 2.25 bits per heavy atom. The fourth-order valence-electron chi connectivity index (χ4n) is 1.22. The maximum atomic E-state index is 8.96. The molecule has 0 spiro atoms. The Labute approximate surface area is 91.4 Å². The van der Waals surface area contributed by atoms with Crippen LogP contribution in [0.3, 0.4) is 0 Å². The maximum Gasteiger partial charge on any atom is 0.239 e. The summed E-state index contributed by atoms with van der Waals surface area (Å²) in [5.74, 6) is 4.81. The summed E-state index contributed by atoms with van der Waals surface area (Å²) in [6.45, 7) is 0. The standard InChI is InChI=1S/C12H6N2O2/c13-7-3-4-9(8-15)12-14-10-5-1-2-6-11(10)16-12/h1-2,5-6,8,15H/b9-8+. The molecule has 0 aliphatic heterocycles. The Balaban J connectivity index is 2.51. The summed E-state index contributed by atoms with van der Waals surface area (Å²) in [5.41, 5.74) is 1.46. The zero-order valence-electron chi connectivity index (χ0n) is 8.14. The highest BCUT2D eigenvalue weighted by Gasteiger charge is 2.08. The molecule has 76 valence electrons. The molecular formula is C12H6N2O2. The molecule has 4 nitrogen and oxygen atoms in total. The second-order valence-electron chi connectivity index (χ2n) is 2.89. The third-order valence-electron chi connectivity index (χ3n) is 1.91. The highest BCUT2D eigenvalue weighted by Crippen LogP contribution is 2.19. The van der Waals surface area contributed by atoms with Crippen LogP contribution in [-0.4, -0.2) is 10.1 Å². The van der Waals surface area contributed by atoms with Crippen molar-refractivity contribution in [3.05, 3.63) is 36.4 Å². The van der Waals surface area contributed by atoms with Gasteiger partial charge in [-0.05, 0) is 18.1 Å². The van der Waals surface area contributed by atoms with Gasteiger partial charge in [0.2, 0.25) is 5.89 Å². The quantitative estimate of drug-likeness (QED) is 0.578. The Bertz CT molecular complexity index is 618. The Hall–Kier alpha value is -2.72. The van der Waals surface area contributed by atoms with Crippen LogP contribution < -0.4 is 0 Å². The minimum Gasteiger partial charge on any atom is -0.514 e. The molecule has 0 amide bonds. The van der Waals surface area contributed by atoms with Gasteiger partial charge in [-0.15, -0.1) is 0 Å². The first-order valence-corrected chi connectivity index (χ1v) is 4.45. The molecule has 0 saturated carbocycles. The summed E-state index contributed by atoms with van der Waals surface area (Å²) in [6, 6.07) is 8.85. The van der Waals surface area contributed by atoms with E-state index in [1.54, 1.807) is 18.2 Å². The molecule has 4 heteroatoms. The van der Waals surface area contributed by atoms with Gasteiger partial charge < -0.3 is 9.52 Å². The van der Waals surface area contributed by atoms with Gasteiger partial charge >= 0.3 is 0 Å². The average molecular weight is 210 g/mol. The Morgan fingerprint density at radius 3 is 2.94 bits per heavy atom. The monoisotopic (exact) mass is 210 g/mol. The number of aromatic nitrogens is 1. The van der Waals surface area contributed by atoms with E-state index in [1.165, 1.54) is 0 Å². The lowest BCUT2D eigenvalue weighted by Gasteiger charge is -1.87. The van der Waals surface area contributed by atoms with Crippen LogP contribution in [0, 0.1) is 23.2 Å². The molecule has 0 aliphatic rings. The molecule has 1 N–H and O–H groups in total. The first-order chi connectivity index (χ1) is 7.85. The molecule has 0 radical (unpaired) electrons. The number of oxazole rings is 1. The SMILES string of the molecule is N#CC#C/C(=C\O)c1nc2ccccc2o1. The molecule has 0 unspecified atom stereocenters. The number of para-hydroxylation sites is 2. The summed E-state index contributed by atoms with van der Waals surface area (Å²) in [7, 11) is 0. The fraction of sp³-hybridized carbons (Fsp3) is 0. The number of benzene rings is 1. The summed E-state index contributed by atoms with van der Waals surface area (Å²) >= 11 is 0. The van der Waals surface area contributed by atoms with Gasteiger partial charge in [-0.25, -0.2) is 4.98 Å². The van der Waals surface area contributed by atoms with Crippen molar-refractivity contribution in [3.63, 3.8) is 0 Å². The number of aliphatic hydroxyl groups excluding tert-OH is 1. The highest BCUT2D eigenvalue weighted by molar-refractivity contribution is 5.80. The lowest BCUT2D eigenvalue weighted by molar-refractivity contribution is 0.473. The fourth-order valence-corrected chi connectivity index (χ4v) is 1.22. The van der Waals surface area contributed by atoms with E-state index in [9.17, 15) is 0 Å². The van der Waals surface area contributed by atoms with Crippen molar-refractivity contribution in [2.24, 2.45) is 0 Å². The zero-order valence-corrected chi connectivity index (χ0v) is 8.14. The van der Waals surface area contributed by atoms with Crippen LogP contribution in [0.25, 0.3) is 16.7 Å². The van der Waals surface area contributed by atoms with Gasteiger partial charge in [0, 0.05) is 5.92 Å². The third-order valence-corrected chi connectivity index (χ3v) is 1.91. The number of allylic oxidation sites excluding steroid dienone is 1. The minimum atomic E-state index is 0.178. The largest absolute Gasteiger partial charge is 0.514 e. The maximum absolute atomic E-state index is 8.96. The van der Waals surface area contributed by atoms with Crippen molar-refractivity contribution in [1.82, 2.24) is 4.98 Å². The molecule has 2 aromatic rings. The van der Waals surface area contributed by atoms with E-state index in [2.05, 4.69) is 16.8 Å². The van der Waals surface area contributed by atoms with Crippen LogP contribution in [0.2, 0.25) is 0 Å². The van der Waals surface area contributed by atoms with Crippen LogP contribution in [0.5, 0.6) is 0 Å². The van der Waals surface area contributed by atoms with Gasteiger partial charge in [0.25, 0.3) is 0 Å². The molecule has 0 atom stereocenters. The van der Waals surface area contributed by atoms with Crippen LogP contribution >= 0.6 is 0 Å². The normalized spacial score (nSPS) is 10.6. The number of hydrogen-bond donors (Lipinski definition) is 1. The second-order valence-corrected chi connectivity index (χ2v) is 2.89. The van der Waals surface area contributed by atoms with E-state index in [-0.39, 0.29) is 11.5 Å². The summed E-state index contributed by atoms with van der Waals surface area (Å²) in [6.07, 6.45) is 0.773. The smallest absolute Gasteiger partial charge is 0.239 e. The van der Waals surface area contributed by atoms with Crippen LogP contribution in [0.1, 0.15) is 5.89 Å². The van der Waals surface area contributed by atoms with E-state index in [0.29, 0.717) is 11.1 Å². The number of nitrogens with zero attached hydrogens (tertiary/aromatic N) is 2. The Morgan fingerprint density at radius 1 is 1.44 bits per heavy atom. The van der Waals surface area contributed by atoms with Crippen LogP contribution in [0.4, 0.5) is 0 Å². The van der Waals surface area contributed by atoms with E-state index in [1.807, 2.05) is 12.1 Å². The minimum absolute atomic E-state index is 0.178. The van der Waals surface area contributed by atoms with Crippen molar-refractivity contribution >= 4 is 16.7 Å². The first-order valence-electron chi connectivity index (χ1n) is 4.45. The van der Waals surface area contributed by atoms with E-state index < -0.39 is 0 Å². The molecule has 2 rings (SSSR count). The molecule has 0 aliphatic carbocycles. The van der Waals surface area contributed by atoms with Crippen LogP contribution in [-0.2, 0) is 0 Å². The van der Waals surface area contributed by atoms with Crippen molar-refractivity contribution in [2.75, 3.05) is 0 Å². The zero-order chi connectivity index (χ0) is 11.4. The topological polar surface area (TPSA) is 70.0 Å². The van der Waals surface area contributed by atoms with Crippen molar-refractivity contribution in [2.45, 2.75) is 0 Å². The molecule has 1 aromatic carbocycles. The van der Waals surface area contributed by atoms with Gasteiger partial charge in [0.05, 0.1) is 0 Å². The Kier molecular flexibility index (Phi) is 2.58. The lowest BCUT2D eigenvalue weighted by atomic mass is 10.3. The first kappa shape index (κ1) is 9.82. The van der Waals surface area contributed by atoms with Gasteiger partial charge in [0.1, 0.15) is 17.4 Å². The molecule has 1 aromatic heterocycles. The second kappa shape index (κ2) is 4.20. The summed E-state index contributed by atoms with van der Waals surface area (Å²) < 4.78 is 5.37. The van der Waals surface area contributed by atoms with Crippen LogP contribution in [0.15, 0.2) is 34.9 Å². The van der Waals surface area contributed by atoms with Gasteiger partial charge in [0.15, 0.2) is 11.7 Å². The number of aliphatic hydroxyl groups is 1. The van der Waals surface area contributed by atoms with E-state index >= 15 is 0 Å².